The number of aliphatic hydroxyl groups excluding tert-OH is 3. The molecular weight excluding hydrogens is 1110 g/mol. The normalized spacial score (nSPS) is 39.3. The molecule has 3 saturated heterocycles. The van der Waals surface area contributed by atoms with Gasteiger partial charge in [0.1, 0.15) is 48.5 Å². The molecule has 23 heteroatoms. The predicted molar refractivity (Wildman–Crippen MR) is 285 cm³/mol. The number of aliphatic hydroxyl groups is 5. The highest BCUT2D eigenvalue weighted by atomic mass is 127. The van der Waals surface area contributed by atoms with Crippen LogP contribution in [0.1, 0.15) is 105 Å². The van der Waals surface area contributed by atoms with Crippen LogP contribution in [0.2, 0.25) is 0 Å². The van der Waals surface area contributed by atoms with E-state index in [9.17, 15) is 39.3 Å². The molecule has 4 heterocycles. The van der Waals surface area contributed by atoms with Crippen molar-refractivity contribution in [3.05, 3.63) is 41.7 Å². The highest BCUT2D eigenvalue weighted by Gasteiger charge is 2.53. The van der Waals surface area contributed by atoms with Gasteiger partial charge in [0.05, 0.1) is 53.8 Å². The van der Waals surface area contributed by atoms with Crippen molar-refractivity contribution in [1.29, 1.82) is 0 Å². The fraction of sp³-hybridized carbons (Fsp3) is 0.827. The zero-order valence-electron chi connectivity index (χ0n) is 46.3. The van der Waals surface area contributed by atoms with Gasteiger partial charge in [-0.25, -0.2) is 9.07 Å². The number of nitrogens with zero attached hydrogens (tertiary/aromatic N) is 5. The minimum Gasteiger partial charge on any atom is -0.611 e. The van der Waals surface area contributed by atoms with Crippen LogP contribution in [0.15, 0.2) is 35.4 Å². The summed E-state index contributed by atoms with van der Waals surface area (Å²) in [6.07, 6.45) is -7.34. The summed E-state index contributed by atoms with van der Waals surface area (Å²) in [4.78, 5) is 18.8. The number of halogens is 2. The van der Waals surface area contributed by atoms with Crippen LogP contribution >= 0.6 is 22.6 Å². The number of aromatic nitrogens is 3. The molecule has 5 rings (SSSR count). The van der Waals surface area contributed by atoms with Gasteiger partial charge in [-0.2, -0.15) is 0 Å². The highest BCUT2D eigenvalue weighted by molar-refractivity contribution is 14.1. The van der Waals surface area contributed by atoms with Crippen molar-refractivity contribution in [2.24, 2.45) is 17.8 Å². The van der Waals surface area contributed by atoms with Crippen LogP contribution in [-0.4, -0.2) is 217 Å². The van der Waals surface area contributed by atoms with Crippen LogP contribution in [-0.2, 0) is 60.3 Å². The van der Waals surface area contributed by atoms with Gasteiger partial charge >= 0.3 is 5.97 Å². The summed E-state index contributed by atoms with van der Waals surface area (Å²) in [5, 5.41) is 68.1. The fourth-order valence-electron chi connectivity index (χ4n) is 11.0. The predicted octanol–water partition coefficient (Wildman–Crippen LogP) is 3.74. The average molecular weight is 1200 g/mol. The molecule has 1 aromatic heterocycles. The molecule has 75 heavy (non-hydrogen) atoms. The van der Waals surface area contributed by atoms with Gasteiger partial charge in [0.15, 0.2) is 21.6 Å². The van der Waals surface area contributed by atoms with Crippen LogP contribution in [0.4, 0.5) is 4.39 Å². The number of benzene rings is 1. The topological polar surface area (TPSA) is 252 Å². The van der Waals surface area contributed by atoms with Gasteiger partial charge in [0.2, 0.25) is 0 Å². The minimum absolute atomic E-state index is 0.0744. The second kappa shape index (κ2) is 27.6. The summed E-state index contributed by atoms with van der Waals surface area (Å²) in [5.74, 6) is -2.59. The lowest BCUT2D eigenvalue weighted by Crippen LogP contribution is -2.60. The Bertz CT molecular complexity index is 2070. The Balaban J connectivity index is 1.41. The maximum absolute atomic E-state index is 14.9. The first-order chi connectivity index (χ1) is 35.1. The SMILES string of the molecule is COCC[S+]([O-])c1ccc([C@@H](OC)[C@@H](CF)n2cc(CCN(C)[C@H]3C[C@@H](C)O[C@@H](O[C@@H]4[C@@H](C)[C@H](O[C@H]5C[C@@](C)(OC)[C@@H](O)[C@H](C)O5)[C@@H](C)C(=O)O[C@H](I)[C@@](C)(O)[C@H](O)[C@@H](C)N(C)C[C@H](C)C[C@@]4(C)O)[C@@H]3O)nn2)cc1. The molecular formula is C52H87FIN5O15S. The van der Waals surface area contributed by atoms with Gasteiger partial charge in [-0.1, -0.05) is 31.2 Å². The number of ether oxygens (including phenoxy) is 8. The van der Waals surface area contributed by atoms with E-state index in [4.69, 9.17) is 37.9 Å². The molecule has 0 aliphatic carbocycles. The summed E-state index contributed by atoms with van der Waals surface area (Å²) >= 11 is 0.564. The van der Waals surface area contributed by atoms with Crippen molar-refractivity contribution in [2.45, 2.75) is 193 Å². The first-order valence-corrected chi connectivity index (χ1v) is 28.6. The number of likely N-dealkylation sites (N-methyl/N-ethyl adjacent to an activating group) is 2. The van der Waals surface area contributed by atoms with Crippen molar-refractivity contribution >= 4 is 39.7 Å². The molecule has 0 bridgehead atoms. The Morgan fingerprint density at radius 1 is 1.00 bits per heavy atom. The van der Waals surface area contributed by atoms with E-state index in [0.29, 0.717) is 54.4 Å². The van der Waals surface area contributed by atoms with Crippen LogP contribution in [0.5, 0.6) is 0 Å². The van der Waals surface area contributed by atoms with Crippen LogP contribution < -0.4 is 0 Å². The number of carbonyl (C=O) groups is 1. The van der Waals surface area contributed by atoms with E-state index in [-0.39, 0.29) is 18.8 Å². The lowest BCUT2D eigenvalue weighted by atomic mass is 9.77. The van der Waals surface area contributed by atoms with Crippen molar-refractivity contribution < 1.29 is 77.2 Å². The first-order valence-electron chi connectivity index (χ1n) is 26.0. The van der Waals surface area contributed by atoms with E-state index in [1.54, 1.807) is 79.1 Å². The maximum atomic E-state index is 14.9. The van der Waals surface area contributed by atoms with Crippen molar-refractivity contribution in [3.63, 3.8) is 0 Å². The molecule has 5 N–H and O–H groups in total. The summed E-state index contributed by atoms with van der Waals surface area (Å²) in [6.45, 7) is 15.8. The van der Waals surface area contributed by atoms with Gasteiger partial charge < -0.3 is 77.8 Å². The number of carbonyl (C=O) groups excluding carboxylic acids is 1. The van der Waals surface area contributed by atoms with Gasteiger partial charge in [-0.15, -0.1) is 5.10 Å². The van der Waals surface area contributed by atoms with Crippen LogP contribution in [0.25, 0.3) is 0 Å². The molecule has 0 amide bonds. The Morgan fingerprint density at radius 3 is 2.28 bits per heavy atom. The smallest absolute Gasteiger partial charge is 0.312 e. The van der Waals surface area contributed by atoms with Gasteiger partial charge in [-0.05, 0) is 133 Å². The Hall–Kier alpha value is -1.76. The fourth-order valence-corrected chi connectivity index (χ4v) is 12.6. The molecule has 0 radical (unpaired) electrons. The number of alkyl halides is 2. The molecule has 2 aromatic rings. The molecule has 3 aliphatic rings. The third-order valence-corrected chi connectivity index (χ3v) is 18.7. The second-order valence-electron chi connectivity index (χ2n) is 22.0. The number of methoxy groups -OCH3 is 3. The van der Waals surface area contributed by atoms with Crippen molar-refractivity contribution in [1.82, 2.24) is 24.8 Å². The van der Waals surface area contributed by atoms with E-state index in [1.165, 1.54) is 25.8 Å². The molecule has 0 saturated carbocycles. The third kappa shape index (κ3) is 15.6. The monoisotopic (exact) mass is 1200 g/mol. The van der Waals surface area contributed by atoms with Crippen LogP contribution in [0.3, 0.4) is 0 Å². The Labute approximate surface area is 459 Å². The second-order valence-corrected chi connectivity index (χ2v) is 24.7. The van der Waals surface area contributed by atoms with E-state index >= 15 is 0 Å². The summed E-state index contributed by atoms with van der Waals surface area (Å²) in [7, 11) is 8.21. The zero-order valence-corrected chi connectivity index (χ0v) is 49.3. The number of hydrogen-bond acceptors (Lipinski definition) is 19. The quantitative estimate of drug-likeness (QED) is 0.0617. The van der Waals surface area contributed by atoms with E-state index in [2.05, 4.69) is 10.3 Å². The third-order valence-electron chi connectivity index (χ3n) is 15.8. The summed E-state index contributed by atoms with van der Waals surface area (Å²) in [5.41, 5.74) is -3.38. The molecule has 3 aliphatic heterocycles. The molecule has 0 spiro atoms. The van der Waals surface area contributed by atoms with E-state index in [1.807, 2.05) is 60.3 Å². The summed E-state index contributed by atoms with van der Waals surface area (Å²) < 4.78 is 76.6. The Kier molecular flexibility index (Phi) is 23.6. The largest absolute Gasteiger partial charge is 0.611 e. The van der Waals surface area contributed by atoms with Gasteiger partial charge in [0, 0.05) is 71.5 Å². The van der Waals surface area contributed by atoms with Gasteiger partial charge in [0.25, 0.3) is 0 Å². The Morgan fingerprint density at radius 2 is 1.67 bits per heavy atom. The van der Waals surface area contributed by atoms with Crippen LogP contribution in [0, 0.1) is 17.8 Å². The molecule has 3 fully saturated rings. The maximum Gasteiger partial charge on any atom is 0.312 e. The van der Waals surface area contributed by atoms with Crippen molar-refractivity contribution in [3.8, 4) is 0 Å². The number of cyclic esters (lactones) is 1. The molecule has 20 nitrogen and oxygen atoms in total. The lowest BCUT2D eigenvalue weighted by molar-refractivity contribution is -0.318. The molecule has 21 atom stereocenters. The van der Waals surface area contributed by atoms with Crippen molar-refractivity contribution in [2.75, 3.05) is 67.5 Å². The van der Waals surface area contributed by atoms with Gasteiger partial charge in [-0.3, -0.25) is 4.79 Å². The standard InChI is InChI=1S/C52H87FIN5O15S/c1-29-24-50(7,64)46(31(3)42(72-40-25-51(8,69-14)45(62)34(6)71-40)32(4)47(63)74-49(54)52(9,65)44(61)33(5)58(11)27-29)73-48-41(60)38(23-30(2)70-48)57(10)20-19-36-28-59(56-55-36)39(26-53)43(68-13)35-15-17-37(18-16-35)75(66)22-21-67-12/h15-18,28-34,38-46,48-49,60-62,64-65H,19-27H2,1-14H3/t29-,30-,31+,32-,33-,34+,38+,39-,40+,41-,42+,43-,44-,45+,46-,48+,49+,50-,51-,52+,75?/m1/s1. The first kappa shape index (κ1) is 64.1. The average Bonchev–Trinajstić information content (AvgIpc) is 3.84. The number of hydrogen-bond donors (Lipinski definition) is 5. The molecule has 430 valence electrons. The highest BCUT2D eigenvalue weighted by Crippen LogP contribution is 2.41. The molecule has 1 aromatic carbocycles. The number of rotatable bonds is 18. The minimum atomic E-state index is -1.88. The summed E-state index contributed by atoms with van der Waals surface area (Å²) in [6, 6.07) is 5.06. The number of esters is 1. The van der Waals surface area contributed by atoms with E-state index < -0.39 is 136 Å². The molecule has 1 unspecified atom stereocenters. The lowest BCUT2D eigenvalue weighted by Gasteiger charge is -2.49. The zero-order chi connectivity index (χ0) is 55.9. The van der Waals surface area contributed by atoms with E-state index in [0.717, 1.165) is 0 Å².